The Hall–Kier alpha value is -1.82. The second-order valence-electron chi connectivity index (χ2n) is 4.92. The van der Waals surface area contributed by atoms with Crippen molar-refractivity contribution in [1.29, 1.82) is 0 Å². The van der Waals surface area contributed by atoms with E-state index < -0.39 is 5.97 Å². The van der Waals surface area contributed by atoms with E-state index in [2.05, 4.69) is 5.32 Å². The summed E-state index contributed by atoms with van der Waals surface area (Å²) >= 11 is 13.3. The van der Waals surface area contributed by atoms with E-state index in [-0.39, 0.29) is 18.6 Å². The van der Waals surface area contributed by atoms with Gasteiger partial charge >= 0.3 is 5.97 Å². The molecule has 1 heterocycles. The number of esters is 1. The number of carbonyl (C=O) groups excluding carboxylic acids is 2. The minimum absolute atomic E-state index is 0.122. The molecule has 0 saturated heterocycles. The Morgan fingerprint density at radius 3 is 2.75 bits per heavy atom. The Morgan fingerprint density at radius 2 is 2.08 bits per heavy atom. The molecule has 2 rings (SSSR count). The Bertz CT molecular complexity index is 744. The van der Waals surface area contributed by atoms with Crippen LogP contribution in [0.25, 0.3) is 6.08 Å². The number of thiophene rings is 1. The summed E-state index contributed by atoms with van der Waals surface area (Å²) in [5.74, 6) is -0.966. The van der Waals surface area contributed by atoms with Gasteiger partial charge in [0.05, 0.1) is 16.1 Å². The smallest absolute Gasteiger partial charge is 0.331 e. The highest BCUT2D eigenvalue weighted by molar-refractivity contribution is 7.10. The summed E-state index contributed by atoms with van der Waals surface area (Å²) in [6.07, 6.45) is 2.77. The van der Waals surface area contributed by atoms with Crippen molar-refractivity contribution in [1.82, 2.24) is 5.32 Å². The van der Waals surface area contributed by atoms with Crippen molar-refractivity contribution in [2.45, 2.75) is 13.0 Å². The zero-order chi connectivity index (χ0) is 17.5. The van der Waals surface area contributed by atoms with Gasteiger partial charge in [-0.25, -0.2) is 4.79 Å². The van der Waals surface area contributed by atoms with Crippen molar-refractivity contribution < 1.29 is 14.3 Å². The van der Waals surface area contributed by atoms with E-state index in [1.807, 2.05) is 24.4 Å². The van der Waals surface area contributed by atoms with Gasteiger partial charge < -0.3 is 10.1 Å². The standard InChI is InChI=1S/C17H15Cl2NO3S/c1-11(15-3-2-8-24-15)20-16(21)10-23-17(22)7-5-12-4-6-13(18)14(19)9-12/h2-9,11H,10H2,1H3,(H,20,21)/b7-5+/t11-/m1/s1. The fraction of sp³-hybridized carbons (Fsp3) is 0.176. The van der Waals surface area contributed by atoms with Crippen LogP contribution in [0.3, 0.4) is 0 Å². The second kappa shape index (κ2) is 8.87. The molecule has 4 nitrogen and oxygen atoms in total. The molecule has 0 bridgehead atoms. The van der Waals surface area contributed by atoms with Gasteiger partial charge in [-0.05, 0) is 42.1 Å². The van der Waals surface area contributed by atoms with Crippen LogP contribution in [-0.4, -0.2) is 18.5 Å². The summed E-state index contributed by atoms with van der Waals surface area (Å²) < 4.78 is 4.90. The van der Waals surface area contributed by atoms with E-state index in [9.17, 15) is 9.59 Å². The van der Waals surface area contributed by atoms with Crippen molar-refractivity contribution in [3.8, 4) is 0 Å². The molecule has 126 valence electrons. The molecule has 1 amide bonds. The fourth-order valence-corrected chi connectivity index (χ4v) is 2.90. The van der Waals surface area contributed by atoms with Gasteiger partial charge in [0.25, 0.3) is 5.91 Å². The minimum atomic E-state index is -0.611. The van der Waals surface area contributed by atoms with E-state index in [0.29, 0.717) is 15.6 Å². The molecule has 1 aromatic heterocycles. The Kier molecular flexibility index (Phi) is 6.85. The van der Waals surface area contributed by atoms with E-state index in [1.54, 1.807) is 29.5 Å². The minimum Gasteiger partial charge on any atom is -0.452 e. The van der Waals surface area contributed by atoms with Crippen molar-refractivity contribution in [3.63, 3.8) is 0 Å². The number of amides is 1. The van der Waals surface area contributed by atoms with Gasteiger partial charge in [0.2, 0.25) is 0 Å². The summed E-state index contributed by atoms with van der Waals surface area (Å²) in [6.45, 7) is 1.54. The van der Waals surface area contributed by atoms with Crippen LogP contribution in [-0.2, 0) is 14.3 Å². The molecular weight excluding hydrogens is 369 g/mol. The predicted octanol–water partition coefficient (Wildman–Crippen LogP) is 4.49. The molecule has 7 heteroatoms. The van der Waals surface area contributed by atoms with Crippen LogP contribution >= 0.6 is 34.5 Å². The lowest BCUT2D eigenvalue weighted by Gasteiger charge is -2.11. The van der Waals surface area contributed by atoms with E-state index >= 15 is 0 Å². The zero-order valence-electron chi connectivity index (χ0n) is 12.8. The van der Waals surface area contributed by atoms with Crippen LogP contribution in [0.15, 0.2) is 41.8 Å². The predicted molar refractivity (Wildman–Crippen MR) is 97.3 cm³/mol. The van der Waals surface area contributed by atoms with Gasteiger partial charge in [-0.1, -0.05) is 35.3 Å². The third kappa shape index (κ3) is 5.67. The van der Waals surface area contributed by atoms with Crippen molar-refractivity contribution >= 4 is 52.5 Å². The maximum absolute atomic E-state index is 11.8. The summed E-state index contributed by atoms with van der Waals surface area (Å²) in [4.78, 5) is 24.4. The zero-order valence-corrected chi connectivity index (χ0v) is 15.1. The SMILES string of the molecule is C[C@@H](NC(=O)COC(=O)/C=C/c1ccc(Cl)c(Cl)c1)c1cccs1. The third-order valence-corrected chi connectivity index (χ3v) is 4.84. The number of hydrogen-bond acceptors (Lipinski definition) is 4. The molecule has 0 aliphatic rings. The lowest BCUT2D eigenvalue weighted by atomic mass is 10.2. The number of carbonyl (C=O) groups is 2. The summed E-state index contributed by atoms with van der Waals surface area (Å²) in [6, 6.07) is 8.70. The van der Waals surface area contributed by atoms with Crippen LogP contribution in [0.1, 0.15) is 23.4 Å². The van der Waals surface area contributed by atoms with Crippen LogP contribution in [0.5, 0.6) is 0 Å². The molecule has 2 aromatic rings. The molecule has 0 aliphatic heterocycles. The van der Waals surface area contributed by atoms with Crippen LogP contribution < -0.4 is 5.32 Å². The normalized spacial score (nSPS) is 12.1. The van der Waals surface area contributed by atoms with Crippen LogP contribution in [0.2, 0.25) is 10.0 Å². The first-order chi connectivity index (χ1) is 11.5. The lowest BCUT2D eigenvalue weighted by Crippen LogP contribution is -2.30. The first kappa shape index (κ1) is 18.5. The molecule has 0 unspecified atom stereocenters. The van der Waals surface area contributed by atoms with Crippen molar-refractivity contribution in [2.24, 2.45) is 0 Å². The number of benzene rings is 1. The Morgan fingerprint density at radius 1 is 1.29 bits per heavy atom. The topological polar surface area (TPSA) is 55.4 Å². The van der Waals surface area contributed by atoms with Gasteiger partial charge in [-0.3, -0.25) is 4.79 Å². The monoisotopic (exact) mass is 383 g/mol. The highest BCUT2D eigenvalue weighted by Gasteiger charge is 2.11. The maximum atomic E-state index is 11.8. The number of ether oxygens (including phenoxy) is 1. The highest BCUT2D eigenvalue weighted by atomic mass is 35.5. The molecule has 0 spiro atoms. The lowest BCUT2D eigenvalue weighted by molar-refractivity contribution is -0.144. The maximum Gasteiger partial charge on any atom is 0.331 e. The average molecular weight is 384 g/mol. The average Bonchev–Trinajstić information content (AvgIpc) is 3.08. The molecular formula is C17H15Cl2NO3S. The Labute approximate surface area is 154 Å². The van der Waals surface area contributed by atoms with Crippen LogP contribution in [0.4, 0.5) is 0 Å². The van der Waals surface area contributed by atoms with Gasteiger partial charge in [-0.2, -0.15) is 0 Å². The fourth-order valence-electron chi connectivity index (χ4n) is 1.86. The van der Waals surface area contributed by atoms with Crippen LogP contribution in [0, 0.1) is 0 Å². The molecule has 1 N–H and O–H groups in total. The molecule has 24 heavy (non-hydrogen) atoms. The van der Waals surface area contributed by atoms with Crippen molar-refractivity contribution in [3.05, 3.63) is 62.3 Å². The molecule has 1 atom stereocenters. The van der Waals surface area contributed by atoms with E-state index in [4.69, 9.17) is 27.9 Å². The molecule has 1 aromatic carbocycles. The summed E-state index contributed by atoms with van der Waals surface area (Å²) in [7, 11) is 0. The van der Waals surface area contributed by atoms with Gasteiger partial charge in [-0.15, -0.1) is 11.3 Å². The van der Waals surface area contributed by atoms with Gasteiger partial charge in [0.1, 0.15) is 0 Å². The quantitative estimate of drug-likeness (QED) is 0.590. The second-order valence-corrected chi connectivity index (χ2v) is 6.71. The van der Waals surface area contributed by atoms with Gasteiger partial charge in [0, 0.05) is 11.0 Å². The number of rotatable bonds is 6. The highest BCUT2D eigenvalue weighted by Crippen LogP contribution is 2.23. The number of hydrogen-bond donors (Lipinski definition) is 1. The number of halogens is 2. The largest absolute Gasteiger partial charge is 0.452 e. The molecule has 0 aliphatic carbocycles. The van der Waals surface area contributed by atoms with E-state index in [0.717, 1.165) is 4.88 Å². The number of nitrogens with one attached hydrogen (secondary N) is 1. The van der Waals surface area contributed by atoms with E-state index in [1.165, 1.54) is 12.2 Å². The molecule has 0 fully saturated rings. The summed E-state index contributed by atoms with van der Waals surface area (Å²) in [5, 5.41) is 5.53. The molecule has 0 saturated carbocycles. The van der Waals surface area contributed by atoms with Crippen molar-refractivity contribution in [2.75, 3.05) is 6.61 Å². The molecule has 0 radical (unpaired) electrons. The summed E-state index contributed by atoms with van der Waals surface area (Å²) in [5.41, 5.74) is 0.706. The third-order valence-electron chi connectivity index (χ3n) is 3.05. The Balaban J connectivity index is 1.78. The van der Waals surface area contributed by atoms with Gasteiger partial charge in [0.15, 0.2) is 6.61 Å². The first-order valence-corrected chi connectivity index (χ1v) is 8.72. The first-order valence-electron chi connectivity index (χ1n) is 7.08.